The maximum Gasteiger partial charge on any atom is 0.338 e. The number of nitrogens with one attached hydrogen (secondary N) is 3. The van der Waals surface area contributed by atoms with Gasteiger partial charge >= 0.3 is 12.0 Å². The number of ether oxygens (including phenoxy) is 1. The predicted molar refractivity (Wildman–Crippen MR) is 135 cm³/mol. The number of amides is 2. The second-order valence-corrected chi connectivity index (χ2v) is 8.81. The Hall–Kier alpha value is -4.38. The molecule has 3 N–H and O–H groups in total. The van der Waals surface area contributed by atoms with Crippen molar-refractivity contribution in [1.29, 1.82) is 0 Å². The number of fused-ring (bicyclic) bond motifs is 1. The molecule has 0 radical (unpaired) electrons. The highest BCUT2D eigenvalue weighted by Crippen LogP contribution is 2.30. The van der Waals surface area contributed by atoms with Crippen LogP contribution in [0.5, 0.6) is 0 Å². The smallest absolute Gasteiger partial charge is 0.338 e. The van der Waals surface area contributed by atoms with Gasteiger partial charge in [0, 0.05) is 11.4 Å². The molecule has 1 atom stereocenters. The number of urea groups is 1. The van der Waals surface area contributed by atoms with Gasteiger partial charge in [0.05, 0.1) is 30.1 Å². The van der Waals surface area contributed by atoms with Crippen LogP contribution in [0.25, 0.3) is 16.7 Å². The number of hydrogen-bond donors (Lipinski definition) is 3. The van der Waals surface area contributed by atoms with E-state index in [1.807, 2.05) is 60.7 Å². The first-order chi connectivity index (χ1) is 17.5. The Kier molecular flexibility index (Phi) is 6.54. The highest BCUT2D eigenvalue weighted by atomic mass is 32.2. The fraction of sp³-hybridized carbons (Fsp3) is 0.160. The molecule has 1 aliphatic heterocycles. The van der Waals surface area contributed by atoms with Gasteiger partial charge in [0.2, 0.25) is 0 Å². The fourth-order valence-corrected chi connectivity index (χ4v) is 4.77. The molecule has 182 valence electrons. The summed E-state index contributed by atoms with van der Waals surface area (Å²) in [7, 11) is 0. The Labute approximate surface area is 209 Å². The number of hydrogen-bond acceptors (Lipinski definition) is 7. The topological polar surface area (TPSA) is 131 Å². The van der Waals surface area contributed by atoms with Gasteiger partial charge in [0.15, 0.2) is 10.8 Å². The van der Waals surface area contributed by atoms with Gasteiger partial charge in [-0.15, -0.1) is 0 Å². The Bertz CT molecular complexity index is 1510. The van der Waals surface area contributed by atoms with Crippen LogP contribution in [0.3, 0.4) is 0 Å². The van der Waals surface area contributed by atoms with Crippen LogP contribution >= 0.6 is 11.8 Å². The maximum absolute atomic E-state index is 12.9. The van der Waals surface area contributed by atoms with E-state index in [1.165, 1.54) is 18.0 Å². The molecule has 0 saturated carbocycles. The first-order valence-electron chi connectivity index (χ1n) is 11.2. The molecule has 0 saturated heterocycles. The molecular weight excluding hydrogens is 480 g/mol. The number of carbonyl (C=O) groups excluding carboxylic acids is 2. The third-order valence-corrected chi connectivity index (χ3v) is 6.45. The number of H-pyrrole nitrogens is 1. The van der Waals surface area contributed by atoms with Gasteiger partial charge in [-0.25, -0.2) is 19.3 Å². The number of carbonyl (C=O) groups is 2. The zero-order valence-electron chi connectivity index (χ0n) is 19.2. The molecule has 11 heteroatoms. The van der Waals surface area contributed by atoms with Crippen molar-refractivity contribution in [2.45, 2.75) is 18.1 Å². The average Bonchev–Trinajstić information content (AvgIpc) is 3.33. The Morgan fingerprint density at radius 1 is 1.08 bits per heavy atom. The van der Waals surface area contributed by atoms with Gasteiger partial charge in [-0.3, -0.25) is 4.79 Å². The third-order valence-electron chi connectivity index (χ3n) is 5.55. The predicted octanol–water partition coefficient (Wildman–Crippen LogP) is 3.07. The molecule has 36 heavy (non-hydrogen) atoms. The molecule has 10 nitrogen and oxygen atoms in total. The lowest BCUT2D eigenvalue weighted by molar-refractivity contribution is -0.139. The molecular formula is C25H22N6O4S. The first kappa shape index (κ1) is 23.4. The zero-order valence-corrected chi connectivity index (χ0v) is 20.0. The van der Waals surface area contributed by atoms with E-state index >= 15 is 0 Å². The van der Waals surface area contributed by atoms with E-state index in [0.717, 1.165) is 11.3 Å². The highest BCUT2D eigenvalue weighted by Gasteiger charge is 2.33. The van der Waals surface area contributed by atoms with Gasteiger partial charge in [0.25, 0.3) is 5.56 Å². The van der Waals surface area contributed by atoms with E-state index in [9.17, 15) is 14.4 Å². The van der Waals surface area contributed by atoms with Crippen LogP contribution in [-0.4, -0.2) is 44.1 Å². The number of esters is 1. The lowest BCUT2D eigenvalue weighted by atomic mass is 9.95. The number of rotatable bonds is 7. The molecule has 0 aliphatic carbocycles. The van der Waals surface area contributed by atoms with Crippen molar-refractivity contribution in [3.8, 4) is 5.69 Å². The molecule has 0 bridgehead atoms. The minimum atomic E-state index is -0.677. The summed E-state index contributed by atoms with van der Waals surface area (Å²) in [5.41, 5.74) is 2.27. The van der Waals surface area contributed by atoms with E-state index in [1.54, 1.807) is 11.6 Å². The van der Waals surface area contributed by atoms with Crippen molar-refractivity contribution < 1.29 is 14.3 Å². The van der Waals surface area contributed by atoms with Crippen LogP contribution in [0, 0.1) is 0 Å². The standard InChI is InChI=1S/C25H22N6O4S/c1-2-35-23(33)19-18(27-24(34)28-20(19)15-9-5-3-6-10-15)14-36-25-29-21-17(22(32)30-25)13-26-31(21)16-11-7-4-8-12-16/h3-13,20H,2,14H2,1H3,(H2,27,28,34)(H,29,30,32)/t20-/m0/s1. The Morgan fingerprint density at radius 2 is 1.81 bits per heavy atom. The van der Waals surface area contributed by atoms with E-state index in [0.29, 0.717) is 27.5 Å². The molecule has 2 aromatic heterocycles. The largest absolute Gasteiger partial charge is 0.463 e. The Morgan fingerprint density at radius 3 is 2.53 bits per heavy atom. The monoisotopic (exact) mass is 502 g/mol. The molecule has 1 aliphatic rings. The minimum absolute atomic E-state index is 0.165. The molecule has 3 heterocycles. The third kappa shape index (κ3) is 4.60. The second kappa shape index (κ2) is 10.1. The summed E-state index contributed by atoms with van der Waals surface area (Å²) in [6, 6.07) is 17.4. The van der Waals surface area contributed by atoms with Crippen molar-refractivity contribution >= 4 is 34.8 Å². The number of nitrogens with zero attached hydrogens (tertiary/aromatic N) is 3. The summed E-state index contributed by atoms with van der Waals surface area (Å²) in [4.78, 5) is 45.5. The SMILES string of the molecule is CCOC(=O)C1=C(CSc2nc3c(cnn3-c3ccccc3)c(=O)[nH]2)NC(=O)N[C@H]1c1ccccc1. The number of aromatic nitrogens is 4. The van der Waals surface area contributed by atoms with E-state index in [2.05, 4.69) is 25.7 Å². The minimum Gasteiger partial charge on any atom is -0.463 e. The molecule has 0 fully saturated rings. The second-order valence-electron chi connectivity index (χ2n) is 7.84. The van der Waals surface area contributed by atoms with Gasteiger partial charge in [-0.1, -0.05) is 60.3 Å². The fourth-order valence-electron chi connectivity index (χ4n) is 3.94. The molecule has 0 unspecified atom stereocenters. The van der Waals surface area contributed by atoms with Crippen molar-refractivity contribution in [2.75, 3.05) is 12.4 Å². The van der Waals surface area contributed by atoms with E-state index < -0.39 is 18.0 Å². The zero-order chi connectivity index (χ0) is 25.1. The maximum atomic E-state index is 12.9. The van der Waals surface area contributed by atoms with Crippen LogP contribution in [0.15, 0.2) is 88.1 Å². The van der Waals surface area contributed by atoms with Gasteiger partial charge in [-0.05, 0) is 24.6 Å². The lowest BCUT2D eigenvalue weighted by Gasteiger charge is -2.29. The first-order valence-corrected chi connectivity index (χ1v) is 12.2. The quantitative estimate of drug-likeness (QED) is 0.201. The van der Waals surface area contributed by atoms with Gasteiger partial charge in [0.1, 0.15) is 5.39 Å². The number of thioether (sulfide) groups is 1. The van der Waals surface area contributed by atoms with Crippen LogP contribution < -0.4 is 16.2 Å². The van der Waals surface area contributed by atoms with Crippen molar-refractivity contribution in [3.63, 3.8) is 0 Å². The molecule has 4 aromatic rings. The van der Waals surface area contributed by atoms with Crippen molar-refractivity contribution in [2.24, 2.45) is 0 Å². The highest BCUT2D eigenvalue weighted by molar-refractivity contribution is 7.99. The van der Waals surface area contributed by atoms with Crippen molar-refractivity contribution in [1.82, 2.24) is 30.4 Å². The van der Waals surface area contributed by atoms with Gasteiger partial charge in [-0.2, -0.15) is 5.10 Å². The summed E-state index contributed by atoms with van der Waals surface area (Å²) in [5, 5.41) is 10.5. The summed E-state index contributed by atoms with van der Waals surface area (Å²) in [6.07, 6.45) is 1.47. The summed E-state index contributed by atoms with van der Waals surface area (Å²) < 4.78 is 6.89. The Balaban J connectivity index is 1.51. The normalized spacial score (nSPS) is 15.5. The number of para-hydroxylation sites is 1. The van der Waals surface area contributed by atoms with Crippen LogP contribution in [0.2, 0.25) is 0 Å². The molecule has 2 aromatic carbocycles. The van der Waals surface area contributed by atoms with Crippen LogP contribution in [-0.2, 0) is 9.53 Å². The molecule has 0 spiro atoms. The molecule has 5 rings (SSSR count). The average molecular weight is 503 g/mol. The van der Waals surface area contributed by atoms with E-state index in [-0.39, 0.29) is 17.9 Å². The summed E-state index contributed by atoms with van der Waals surface area (Å²) in [6.45, 7) is 1.91. The molecule has 2 amide bonds. The van der Waals surface area contributed by atoms with Gasteiger partial charge < -0.3 is 20.4 Å². The van der Waals surface area contributed by atoms with Crippen LogP contribution in [0.4, 0.5) is 4.79 Å². The van der Waals surface area contributed by atoms with Crippen molar-refractivity contribution in [3.05, 3.63) is 94.0 Å². The summed E-state index contributed by atoms with van der Waals surface area (Å²) in [5.74, 6) is -0.368. The number of benzene rings is 2. The lowest BCUT2D eigenvalue weighted by Crippen LogP contribution is -2.46. The van der Waals surface area contributed by atoms with E-state index in [4.69, 9.17) is 4.74 Å². The summed E-state index contributed by atoms with van der Waals surface area (Å²) >= 11 is 1.19. The van der Waals surface area contributed by atoms with Crippen LogP contribution in [0.1, 0.15) is 18.5 Å². The number of aromatic amines is 1.